The van der Waals surface area contributed by atoms with Gasteiger partial charge >= 0.3 is 0 Å². The lowest BCUT2D eigenvalue weighted by atomic mass is 10.2. The van der Waals surface area contributed by atoms with Crippen LogP contribution in [0.15, 0.2) is 18.2 Å². The second-order valence-corrected chi connectivity index (χ2v) is 4.17. The lowest BCUT2D eigenvalue weighted by Crippen LogP contribution is -2.04. The van der Waals surface area contributed by atoms with Crippen molar-refractivity contribution >= 4 is 23.0 Å². The van der Waals surface area contributed by atoms with Gasteiger partial charge in [-0.15, -0.1) is 0 Å². The second-order valence-electron chi connectivity index (χ2n) is 3.77. The largest absolute Gasteiger partial charge is 0.396 e. The lowest BCUT2D eigenvalue weighted by molar-refractivity contribution is 0.283. The van der Waals surface area contributed by atoms with Crippen LogP contribution in [0.3, 0.4) is 0 Å². The Kier molecular flexibility index (Phi) is 6.04. The third-order valence-corrected chi connectivity index (χ3v) is 2.78. The molecule has 0 saturated carbocycles. The molecule has 0 unspecified atom stereocenters. The average Bonchev–Trinajstić information content (AvgIpc) is 2.29. The molecule has 0 amide bonds. The smallest absolute Gasteiger partial charge is 0.0739 e. The number of nitrogens with two attached hydrogens (primary N) is 1. The minimum absolute atomic E-state index is 0.286. The highest BCUT2D eigenvalue weighted by Gasteiger charge is 2.01. The number of unbranched alkanes of at least 4 members (excludes halogenated alkanes) is 3. The van der Waals surface area contributed by atoms with Crippen molar-refractivity contribution in [3.8, 4) is 0 Å². The Labute approximate surface area is 102 Å². The number of nitrogens with one attached hydrogen (secondary N) is 1. The molecule has 16 heavy (non-hydrogen) atoms. The van der Waals surface area contributed by atoms with Crippen LogP contribution in [0.1, 0.15) is 25.7 Å². The van der Waals surface area contributed by atoms with E-state index in [1.54, 1.807) is 6.07 Å². The standard InChI is InChI=1S/C12H19ClN2O/c13-10-6-5-7-11(12(10)14)15-8-3-1-2-4-9-16/h5-7,15-16H,1-4,8-9,14H2. The molecule has 0 radical (unpaired) electrons. The van der Waals surface area contributed by atoms with Crippen LogP contribution < -0.4 is 11.1 Å². The Morgan fingerprint density at radius 1 is 1.19 bits per heavy atom. The Morgan fingerprint density at radius 3 is 2.69 bits per heavy atom. The first-order valence-corrected chi connectivity index (χ1v) is 6.02. The average molecular weight is 243 g/mol. The minimum atomic E-state index is 0.286. The summed E-state index contributed by atoms with van der Waals surface area (Å²) in [5, 5.41) is 12.5. The molecule has 0 fully saturated rings. The van der Waals surface area contributed by atoms with Crippen LogP contribution in [0.5, 0.6) is 0 Å². The van der Waals surface area contributed by atoms with E-state index >= 15 is 0 Å². The molecule has 1 aromatic carbocycles. The zero-order chi connectivity index (χ0) is 11.8. The van der Waals surface area contributed by atoms with Crippen LogP contribution in [0.4, 0.5) is 11.4 Å². The Morgan fingerprint density at radius 2 is 1.94 bits per heavy atom. The molecule has 0 aromatic heterocycles. The quantitative estimate of drug-likeness (QED) is 0.509. The van der Waals surface area contributed by atoms with Crippen LogP contribution in [-0.2, 0) is 0 Å². The summed E-state index contributed by atoms with van der Waals surface area (Å²) in [6.07, 6.45) is 4.16. The van der Waals surface area contributed by atoms with E-state index in [-0.39, 0.29) is 6.61 Å². The number of halogens is 1. The van der Waals surface area contributed by atoms with E-state index in [9.17, 15) is 0 Å². The van der Waals surface area contributed by atoms with Crippen molar-refractivity contribution in [2.45, 2.75) is 25.7 Å². The van der Waals surface area contributed by atoms with Crippen molar-refractivity contribution in [2.24, 2.45) is 0 Å². The monoisotopic (exact) mass is 242 g/mol. The number of aliphatic hydroxyl groups excluding tert-OH is 1. The molecule has 0 aliphatic carbocycles. The zero-order valence-electron chi connectivity index (χ0n) is 9.38. The predicted octanol–water partition coefficient (Wildman–Crippen LogP) is 2.89. The Balaban J connectivity index is 2.24. The molecular formula is C12H19ClN2O. The van der Waals surface area contributed by atoms with E-state index in [1.807, 2.05) is 12.1 Å². The van der Waals surface area contributed by atoms with Gasteiger partial charge in [0.05, 0.1) is 16.4 Å². The summed E-state index contributed by atoms with van der Waals surface area (Å²) >= 11 is 5.90. The Bertz CT molecular complexity index is 318. The van der Waals surface area contributed by atoms with Gasteiger partial charge in [0.2, 0.25) is 0 Å². The van der Waals surface area contributed by atoms with E-state index in [4.69, 9.17) is 22.4 Å². The lowest BCUT2D eigenvalue weighted by Gasteiger charge is -2.09. The van der Waals surface area contributed by atoms with Crippen LogP contribution in [0.2, 0.25) is 5.02 Å². The van der Waals surface area contributed by atoms with E-state index in [0.717, 1.165) is 37.9 Å². The van der Waals surface area contributed by atoms with Gasteiger partial charge < -0.3 is 16.2 Å². The van der Waals surface area contributed by atoms with Crippen molar-refractivity contribution in [1.29, 1.82) is 0 Å². The van der Waals surface area contributed by atoms with Gasteiger partial charge in [0.1, 0.15) is 0 Å². The van der Waals surface area contributed by atoms with Crippen molar-refractivity contribution in [2.75, 3.05) is 24.2 Å². The maximum atomic E-state index is 8.62. The highest BCUT2D eigenvalue weighted by Crippen LogP contribution is 2.26. The molecule has 0 aliphatic rings. The zero-order valence-corrected chi connectivity index (χ0v) is 10.1. The molecule has 0 spiro atoms. The number of aliphatic hydroxyl groups is 1. The molecule has 1 rings (SSSR count). The normalized spacial score (nSPS) is 10.4. The first-order chi connectivity index (χ1) is 7.75. The van der Waals surface area contributed by atoms with E-state index < -0.39 is 0 Å². The summed E-state index contributed by atoms with van der Waals surface area (Å²) in [7, 11) is 0. The highest BCUT2D eigenvalue weighted by atomic mass is 35.5. The van der Waals surface area contributed by atoms with Gasteiger partial charge in [-0.2, -0.15) is 0 Å². The third kappa shape index (κ3) is 4.29. The molecular weight excluding hydrogens is 224 g/mol. The van der Waals surface area contributed by atoms with Crippen molar-refractivity contribution in [3.63, 3.8) is 0 Å². The molecule has 1 aromatic rings. The highest BCUT2D eigenvalue weighted by molar-refractivity contribution is 6.33. The second kappa shape index (κ2) is 7.36. The fourth-order valence-corrected chi connectivity index (χ4v) is 1.68. The van der Waals surface area contributed by atoms with Crippen molar-refractivity contribution in [1.82, 2.24) is 0 Å². The number of nitrogen functional groups attached to an aromatic ring is 1. The molecule has 3 nitrogen and oxygen atoms in total. The fourth-order valence-electron chi connectivity index (χ4n) is 1.50. The molecule has 0 saturated heterocycles. The van der Waals surface area contributed by atoms with Gasteiger partial charge in [0, 0.05) is 13.2 Å². The van der Waals surface area contributed by atoms with Gasteiger partial charge in [-0.05, 0) is 25.0 Å². The molecule has 4 N–H and O–H groups in total. The number of anilines is 2. The van der Waals surface area contributed by atoms with Crippen LogP contribution in [-0.4, -0.2) is 18.3 Å². The van der Waals surface area contributed by atoms with Crippen LogP contribution >= 0.6 is 11.6 Å². The maximum absolute atomic E-state index is 8.62. The van der Waals surface area contributed by atoms with Crippen molar-refractivity contribution in [3.05, 3.63) is 23.2 Å². The van der Waals surface area contributed by atoms with Gasteiger partial charge in [-0.1, -0.05) is 30.5 Å². The summed E-state index contributed by atoms with van der Waals surface area (Å²) in [5.74, 6) is 0. The first-order valence-electron chi connectivity index (χ1n) is 5.64. The summed E-state index contributed by atoms with van der Waals surface area (Å²) in [6, 6.07) is 5.59. The van der Waals surface area contributed by atoms with E-state index in [0.29, 0.717) is 10.7 Å². The number of hydrogen-bond acceptors (Lipinski definition) is 3. The fraction of sp³-hybridized carbons (Fsp3) is 0.500. The van der Waals surface area contributed by atoms with Crippen molar-refractivity contribution < 1.29 is 5.11 Å². The minimum Gasteiger partial charge on any atom is -0.396 e. The molecule has 0 heterocycles. The SMILES string of the molecule is Nc1c(Cl)cccc1NCCCCCCO. The van der Waals surface area contributed by atoms with Gasteiger partial charge in [-0.3, -0.25) is 0 Å². The summed E-state index contributed by atoms with van der Waals surface area (Å²) in [4.78, 5) is 0. The van der Waals surface area contributed by atoms with E-state index in [1.165, 1.54) is 0 Å². The first kappa shape index (κ1) is 13.1. The predicted molar refractivity (Wildman–Crippen MR) is 69.9 cm³/mol. The molecule has 0 atom stereocenters. The van der Waals surface area contributed by atoms with Crippen LogP contribution in [0.25, 0.3) is 0 Å². The summed E-state index contributed by atoms with van der Waals surface area (Å²) in [6.45, 7) is 1.17. The van der Waals surface area contributed by atoms with Gasteiger partial charge in [0.15, 0.2) is 0 Å². The topological polar surface area (TPSA) is 58.3 Å². The van der Waals surface area contributed by atoms with E-state index in [2.05, 4.69) is 5.32 Å². The number of hydrogen-bond donors (Lipinski definition) is 3. The molecule has 0 aliphatic heterocycles. The third-order valence-electron chi connectivity index (χ3n) is 2.45. The number of para-hydroxylation sites is 1. The Hall–Kier alpha value is -0.930. The molecule has 4 heteroatoms. The number of rotatable bonds is 7. The van der Waals surface area contributed by atoms with Gasteiger partial charge in [-0.25, -0.2) is 0 Å². The molecule has 0 bridgehead atoms. The summed E-state index contributed by atoms with van der Waals surface area (Å²) in [5.41, 5.74) is 7.33. The maximum Gasteiger partial charge on any atom is 0.0739 e. The van der Waals surface area contributed by atoms with Crippen LogP contribution in [0, 0.1) is 0 Å². The number of benzene rings is 1. The summed E-state index contributed by atoms with van der Waals surface area (Å²) < 4.78 is 0. The van der Waals surface area contributed by atoms with Gasteiger partial charge in [0.25, 0.3) is 0 Å². The molecule has 90 valence electrons.